The molecule has 3 nitrogen and oxygen atoms in total. The zero-order chi connectivity index (χ0) is 15.7. The highest BCUT2D eigenvalue weighted by Crippen LogP contribution is 2.27. The van der Waals surface area contributed by atoms with Crippen molar-refractivity contribution in [1.82, 2.24) is 9.38 Å². The highest BCUT2D eigenvalue weighted by Gasteiger charge is 2.17. The first-order valence-corrected chi connectivity index (χ1v) is 7.76. The maximum atomic E-state index is 6.41. The van der Waals surface area contributed by atoms with Crippen LogP contribution in [0.1, 0.15) is 34.8 Å². The summed E-state index contributed by atoms with van der Waals surface area (Å²) < 4.78 is 7.38. The molecule has 0 aliphatic heterocycles. The second-order valence-corrected chi connectivity index (χ2v) is 6.17. The van der Waals surface area contributed by atoms with Gasteiger partial charge in [-0.3, -0.25) is 0 Å². The van der Waals surface area contributed by atoms with Gasteiger partial charge in [-0.2, -0.15) is 0 Å². The Hall–Kier alpha value is -2.00. The molecule has 1 aromatic carbocycles. The van der Waals surface area contributed by atoms with E-state index in [1.165, 1.54) is 5.56 Å². The lowest BCUT2D eigenvalue weighted by molar-refractivity contribution is 0.414. The SMILES string of the molecule is COc1cccc(Cc2nc3cc(C)ccn3c2C(C)Cl)c1. The summed E-state index contributed by atoms with van der Waals surface area (Å²) in [5.74, 6) is 0.859. The lowest BCUT2D eigenvalue weighted by atomic mass is 10.1. The van der Waals surface area contributed by atoms with Gasteiger partial charge in [0.2, 0.25) is 0 Å². The summed E-state index contributed by atoms with van der Waals surface area (Å²) >= 11 is 6.41. The number of hydrogen-bond donors (Lipinski definition) is 0. The van der Waals surface area contributed by atoms with E-state index in [1.54, 1.807) is 7.11 Å². The predicted molar refractivity (Wildman–Crippen MR) is 90.0 cm³/mol. The maximum Gasteiger partial charge on any atom is 0.137 e. The lowest BCUT2D eigenvalue weighted by Crippen LogP contribution is -1.99. The van der Waals surface area contributed by atoms with Crippen LogP contribution in [0.5, 0.6) is 5.75 Å². The zero-order valence-corrected chi connectivity index (χ0v) is 13.8. The Morgan fingerprint density at radius 3 is 2.82 bits per heavy atom. The van der Waals surface area contributed by atoms with Crippen molar-refractivity contribution in [2.45, 2.75) is 25.6 Å². The number of imidazole rings is 1. The standard InChI is InChI=1S/C18H19ClN2O/c1-12-7-8-21-17(9-12)20-16(18(21)13(2)19)11-14-5-4-6-15(10-14)22-3/h4-10,13H,11H2,1-3H3. The lowest BCUT2D eigenvalue weighted by Gasteiger charge is -2.08. The summed E-state index contributed by atoms with van der Waals surface area (Å²) in [5, 5.41) is -0.0988. The minimum Gasteiger partial charge on any atom is -0.497 e. The molecule has 0 aliphatic carbocycles. The van der Waals surface area contributed by atoms with Crippen LogP contribution < -0.4 is 4.74 Å². The van der Waals surface area contributed by atoms with Crippen molar-refractivity contribution in [2.75, 3.05) is 7.11 Å². The van der Waals surface area contributed by atoms with Gasteiger partial charge in [0.15, 0.2) is 0 Å². The molecule has 1 atom stereocenters. The van der Waals surface area contributed by atoms with E-state index in [-0.39, 0.29) is 5.38 Å². The van der Waals surface area contributed by atoms with Crippen LogP contribution in [0.3, 0.4) is 0 Å². The molecule has 114 valence electrons. The number of aromatic nitrogens is 2. The van der Waals surface area contributed by atoms with Gasteiger partial charge in [-0.25, -0.2) is 4.98 Å². The molecular weight excluding hydrogens is 296 g/mol. The first-order chi connectivity index (χ1) is 10.6. The molecule has 0 spiro atoms. The highest BCUT2D eigenvalue weighted by molar-refractivity contribution is 6.20. The third-order valence-corrected chi connectivity index (χ3v) is 3.98. The van der Waals surface area contributed by atoms with E-state index in [1.807, 2.05) is 31.3 Å². The van der Waals surface area contributed by atoms with Crippen LogP contribution in [0.2, 0.25) is 0 Å². The third kappa shape index (κ3) is 2.81. The van der Waals surface area contributed by atoms with Gasteiger partial charge in [0.25, 0.3) is 0 Å². The van der Waals surface area contributed by atoms with E-state index in [0.29, 0.717) is 0 Å². The van der Waals surface area contributed by atoms with E-state index in [4.69, 9.17) is 21.3 Å². The largest absolute Gasteiger partial charge is 0.497 e. The molecule has 2 heterocycles. The van der Waals surface area contributed by atoms with Crippen molar-refractivity contribution in [2.24, 2.45) is 0 Å². The molecule has 3 aromatic rings. The van der Waals surface area contributed by atoms with Crippen LogP contribution in [0.4, 0.5) is 0 Å². The quantitative estimate of drug-likeness (QED) is 0.661. The summed E-state index contributed by atoms with van der Waals surface area (Å²) in [7, 11) is 1.68. The van der Waals surface area contributed by atoms with Crippen molar-refractivity contribution in [3.8, 4) is 5.75 Å². The molecule has 22 heavy (non-hydrogen) atoms. The molecular formula is C18H19ClN2O. The van der Waals surface area contributed by atoms with Crippen LogP contribution in [0.15, 0.2) is 42.6 Å². The fourth-order valence-electron chi connectivity index (χ4n) is 2.74. The van der Waals surface area contributed by atoms with E-state index in [2.05, 4.69) is 29.5 Å². The number of aryl methyl sites for hydroxylation is 1. The number of alkyl halides is 1. The molecule has 0 saturated heterocycles. The average Bonchev–Trinajstić information content (AvgIpc) is 2.84. The van der Waals surface area contributed by atoms with E-state index < -0.39 is 0 Å². The van der Waals surface area contributed by atoms with E-state index in [9.17, 15) is 0 Å². The van der Waals surface area contributed by atoms with Crippen molar-refractivity contribution in [1.29, 1.82) is 0 Å². The number of fused-ring (bicyclic) bond motifs is 1. The maximum absolute atomic E-state index is 6.41. The molecule has 0 saturated carbocycles. The molecule has 0 radical (unpaired) electrons. The first kappa shape index (κ1) is 14.9. The molecule has 0 fully saturated rings. The van der Waals surface area contributed by atoms with Crippen LogP contribution in [0, 0.1) is 6.92 Å². The monoisotopic (exact) mass is 314 g/mol. The van der Waals surface area contributed by atoms with Gasteiger partial charge < -0.3 is 9.14 Å². The molecule has 4 heteroatoms. The smallest absolute Gasteiger partial charge is 0.137 e. The Morgan fingerprint density at radius 2 is 2.09 bits per heavy atom. The van der Waals surface area contributed by atoms with Crippen LogP contribution in [-0.4, -0.2) is 16.5 Å². The Labute approximate surface area is 135 Å². The number of methoxy groups -OCH3 is 1. The molecule has 0 N–H and O–H groups in total. The number of benzene rings is 1. The van der Waals surface area contributed by atoms with Gasteiger partial charge in [-0.05, 0) is 49.2 Å². The minimum atomic E-state index is -0.0988. The molecule has 0 amide bonds. The topological polar surface area (TPSA) is 26.5 Å². The summed E-state index contributed by atoms with van der Waals surface area (Å²) in [4.78, 5) is 4.78. The number of hydrogen-bond acceptors (Lipinski definition) is 2. The summed E-state index contributed by atoms with van der Waals surface area (Å²) in [6, 6.07) is 12.2. The summed E-state index contributed by atoms with van der Waals surface area (Å²) in [6.45, 7) is 4.06. The van der Waals surface area contributed by atoms with Crippen LogP contribution in [-0.2, 0) is 6.42 Å². The van der Waals surface area contributed by atoms with Crippen LogP contribution >= 0.6 is 11.6 Å². The predicted octanol–water partition coefficient (Wildman–Crippen LogP) is 4.54. The molecule has 1 unspecified atom stereocenters. The average molecular weight is 315 g/mol. The zero-order valence-electron chi connectivity index (χ0n) is 13.0. The van der Waals surface area contributed by atoms with Gasteiger partial charge in [0.1, 0.15) is 11.4 Å². The Morgan fingerprint density at radius 1 is 1.27 bits per heavy atom. The Bertz CT molecular complexity index is 808. The van der Waals surface area contributed by atoms with Gasteiger partial charge >= 0.3 is 0 Å². The number of rotatable bonds is 4. The fourth-order valence-corrected chi connectivity index (χ4v) is 2.97. The molecule has 2 aromatic heterocycles. The molecule has 0 aliphatic rings. The Kier molecular flexibility index (Phi) is 4.08. The van der Waals surface area contributed by atoms with Gasteiger partial charge in [-0.1, -0.05) is 12.1 Å². The third-order valence-electron chi connectivity index (χ3n) is 3.78. The van der Waals surface area contributed by atoms with Crippen LogP contribution in [0.25, 0.3) is 5.65 Å². The van der Waals surface area contributed by atoms with Gasteiger partial charge in [-0.15, -0.1) is 11.6 Å². The second-order valence-electron chi connectivity index (χ2n) is 5.52. The minimum absolute atomic E-state index is 0.0988. The van der Waals surface area contributed by atoms with Crippen molar-refractivity contribution in [3.63, 3.8) is 0 Å². The Balaban J connectivity index is 2.07. The number of ether oxygens (including phenoxy) is 1. The van der Waals surface area contributed by atoms with E-state index >= 15 is 0 Å². The molecule has 0 bridgehead atoms. The normalized spacial score (nSPS) is 12.5. The van der Waals surface area contributed by atoms with Crippen molar-refractivity contribution in [3.05, 3.63) is 65.1 Å². The van der Waals surface area contributed by atoms with Gasteiger partial charge in [0.05, 0.1) is 23.9 Å². The molecule has 3 rings (SSSR count). The summed E-state index contributed by atoms with van der Waals surface area (Å²) in [5.41, 5.74) is 5.37. The van der Waals surface area contributed by atoms with Crippen molar-refractivity contribution >= 4 is 17.2 Å². The summed E-state index contributed by atoms with van der Waals surface area (Å²) in [6.07, 6.45) is 2.78. The second kappa shape index (κ2) is 6.01. The number of halogens is 1. The number of nitrogens with zero attached hydrogens (tertiary/aromatic N) is 2. The fraction of sp³-hybridized carbons (Fsp3) is 0.278. The van der Waals surface area contributed by atoms with Crippen molar-refractivity contribution < 1.29 is 4.74 Å². The van der Waals surface area contributed by atoms with Gasteiger partial charge in [0, 0.05) is 12.6 Å². The van der Waals surface area contributed by atoms with E-state index in [0.717, 1.165) is 34.8 Å². The number of pyridine rings is 1. The first-order valence-electron chi connectivity index (χ1n) is 7.33. The highest BCUT2D eigenvalue weighted by atomic mass is 35.5.